The first-order valence-electron chi connectivity index (χ1n) is 11.5. The van der Waals surface area contributed by atoms with E-state index in [4.69, 9.17) is 0 Å². The standard InChI is InChI=1S/C28H22BrF3N2O2/c1-16-9-11-17(12-10-16)19-14-22-25(24(35)15-19)26(18-5-4-6-20(29)13-18)34(27(36)28(30,31)32)23-8-3-2-7-21(23)33-22/h2-13,19,26,33H,14-15H2,1H3/t19-,26+/m1/s1. The number of amides is 1. The second-order valence-corrected chi connectivity index (χ2v) is 10.0. The number of rotatable bonds is 2. The third-order valence-electron chi connectivity index (χ3n) is 6.66. The monoisotopic (exact) mass is 554 g/mol. The molecule has 3 aromatic rings. The van der Waals surface area contributed by atoms with Crippen molar-refractivity contribution in [1.82, 2.24) is 0 Å². The second kappa shape index (κ2) is 9.24. The molecule has 184 valence electrons. The molecular weight excluding hydrogens is 533 g/mol. The lowest BCUT2D eigenvalue weighted by molar-refractivity contribution is -0.170. The molecule has 0 bridgehead atoms. The van der Waals surface area contributed by atoms with Crippen molar-refractivity contribution in [3.63, 3.8) is 0 Å². The Morgan fingerprint density at radius 1 is 0.972 bits per heavy atom. The first kappa shape index (κ1) is 24.3. The molecule has 2 aliphatic rings. The van der Waals surface area contributed by atoms with Gasteiger partial charge in [-0.3, -0.25) is 14.5 Å². The van der Waals surface area contributed by atoms with Crippen LogP contribution in [0.25, 0.3) is 0 Å². The van der Waals surface area contributed by atoms with E-state index in [0.717, 1.165) is 16.0 Å². The lowest BCUT2D eigenvalue weighted by Crippen LogP contribution is -2.45. The molecule has 1 aliphatic heterocycles. The first-order chi connectivity index (χ1) is 17.1. The zero-order valence-corrected chi connectivity index (χ0v) is 20.9. The number of hydrogen-bond acceptors (Lipinski definition) is 3. The van der Waals surface area contributed by atoms with Gasteiger partial charge in [0.15, 0.2) is 5.78 Å². The van der Waals surface area contributed by atoms with Crippen LogP contribution in [-0.2, 0) is 9.59 Å². The quantitative estimate of drug-likeness (QED) is 0.363. The highest BCUT2D eigenvalue weighted by atomic mass is 79.9. The van der Waals surface area contributed by atoms with Gasteiger partial charge in [0.2, 0.25) is 0 Å². The summed E-state index contributed by atoms with van der Waals surface area (Å²) in [7, 11) is 0. The van der Waals surface area contributed by atoms with Gasteiger partial charge in [-0.2, -0.15) is 13.2 Å². The maximum Gasteiger partial charge on any atom is 0.471 e. The van der Waals surface area contributed by atoms with Gasteiger partial charge in [-0.05, 0) is 54.7 Å². The van der Waals surface area contributed by atoms with Crippen molar-refractivity contribution in [2.24, 2.45) is 0 Å². The predicted molar refractivity (Wildman–Crippen MR) is 136 cm³/mol. The number of carbonyl (C=O) groups excluding carboxylic acids is 2. The molecule has 5 rings (SSSR count). The minimum atomic E-state index is -5.13. The summed E-state index contributed by atoms with van der Waals surface area (Å²) < 4.78 is 42.5. The number of Topliss-reactive ketones (excluding diaryl/α,β-unsaturated/α-hetero) is 1. The molecule has 1 heterocycles. The SMILES string of the molecule is Cc1ccc([C@H]2CC(=O)C3=C(C2)Nc2ccccc2N(C(=O)C(F)(F)F)[C@H]3c2cccc(Br)c2)cc1. The Morgan fingerprint density at radius 2 is 1.69 bits per heavy atom. The molecule has 0 saturated heterocycles. The minimum Gasteiger partial charge on any atom is -0.357 e. The van der Waals surface area contributed by atoms with Crippen LogP contribution in [0.3, 0.4) is 0 Å². The second-order valence-electron chi connectivity index (χ2n) is 9.10. The number of nitrogens with one attached hydrogen (secondary N) is 1. The van der Waals surface area contributed by atoms with Crippen LogP contribution in [0.4, 0.5) is 24.5 Å². The topological polar surface area (TPSA) is 49.4 Å². The zero-order chi connectivity index (χ0) is 25.6. The number of nitrogens with zero attached hydrogens (tertiary/aromatic N) is 1. The number of hydrogen-bond donors (Lipinski definition) is 1. The Hall–Kier alpha value is -3.39. The molecule has 0 radical (unpaired) electrons. The highest BCUT2D eigenvalue weighted by molar-refractivity contribution is 9.10. The van der Waals surface area contributed by atoms with Gasteiger partial charge in [0, 0.05) is 22.2 Å². The molecule has 4 nitrogen and oxygen atoms in total. The third kappa shape index (κ3) is 4.46. The number of halogens is 4. The van der Waals surface area contributed by atoms with Gasteiger partial charge in [0.1, 0.15) is 0 Å². The molecular formula is C28H22BrF3N2O2. The first-order valence-corrected chi connectivity index (χ1v) is 12.3. The van der Waals surface area contributed by atoms with Gasteiger partial charge in [-0.1, -0.05) is 70.0 Å². The molecule has 1 N–H and O–H groups in total. The van der Waals surface area contributed by atoms with Crippen molar-refractivity contribution in [3.05, 3.63) is 105 Å². The number of para-hydroxylation sites is 2. The number of fused-ring (bicyclic) bond motifs is 1. The minimum absolute atomic E-state index is 0.0684. The van der Waals surface area contributed by atoms with Crippen LogP contribution in [0.5, 0.6) is 0 Å². The van der Waals surface area contributed by atoms with Gasteiger partial charge < -0.3 is 5.32 Å². The summed E-state index contributed by atoms with van der Waals surface area (Å²) in [4.78, 5) is 27.4. The van der Waals surface area contributed by atoms with Crippen molar-refractivity contribution in [3.8, 4) is 0 Å². The summed E-state index contributed by atoms with van der Waals surface area (Å²) >= 11 is 3.38. The Morgan fingerprint density at radius 3 is 2.39 bits per heavy atom. The van der Waals surface area contributed by atoms with E-state index in [1.165, 1.54) is 6.07 Å². The van der Waals surface area contributed by atoms with Gasteiger partial charge in [0.05, 0.1) is 17.4 Å². The fourth-order valence-corrected chi connectivity index (χ4v) is 5.43. The lowest BCUT2D eigenvalue weighted by atomic mass is 9.78. The number of ketones is 1. The maximum absolute atomic E-state index is 13.9. The van der Waals surface area contributed by atoms with Crippen LogP contribution >= 0.6 is 15.9 Å². The van der Waals surface area contributed by atoms with Crippen molar-refractivity contribution in [2.75, 3.05) is 10.2 Å². The molecule has 0 unspecified atom stereocenters. The Balaban J connectivity index is 1.73. The van der Waals surface area contributed by atoms with E-state index in [1.807, 2.05) is 31.2 Å². The number of benzene rings is 3. The normalized spacial score (nSPS) is 19.8. The van der Waals surface area contributed by atoms with Crippen LogP contribution in [0.15, 0.2) is 88.5 Å². The van der Waals surface area contributed by atoms with E-state index >= 15 is 0 Å². The number of carbonyl (C=O) groups is 2. The molecule has 2 atom stereocenters. The third-order valence-corrected chi connectivity index (χ3v) is 7.16. The average Bonchev–Trinajstić information content (AvgIpc) is 2.98. The average molecular weight is 555 g/mol. The molecule has 0 aromatic heterocycles. The highest BCUT2D eigenvalue weighted by Crippen LogP contribution is 2.48. The smallest absolute Gasteiger partial charge is 0.357 e. The van der Waals surface area contributed by atoms with Crippen LogP contribution in [-0.4, -0.2) is 17.9 Å². The van der Waals surface area contributed by atoms with Gasteiger partial charge in [0.25, 0.3) is 0 Å². The van der Waals surface area contributed by atoms with Crippen molar-refractivity contribution in [1.29, 1.82) is 0 Å². The number of alkyl halides is 3. The number of anilines is 2. The summed E-state index contributed by atoms with van der Waals surface area (Å²) in [5.74, 6) is -2.44. The predicted octanol–water partition coefficient (Wildman–Crippen LogP) is 7.22. The molecule has 1 aliphatic carbocycles. The Bertz CT molecular complexity index is 1380. The van der Waals surface area contributed by atoms with E-state index in [9.17, 15) is 22.8 Å². The van der Waals surface area contributed by atoms with Crippen LogP contribution in [0.2, 0.25) is 0 Å². The highest BCUT2D eigenvalue weighted by Gasteiger charge is 2.50. The zero-order valence-electron chi connectivity index (χ0n) is 19.3. The molecule has 0 fully saturated rings. The largest absolute Gasteiger partial charge is 0.471 e. The molecule has 0 spiro atoms. The summed E-state index contributed by atoms with van der Waals surface area (Å²) in [5.41, 5.74) is 3.63. The van der Waals surface area contributed by atoms with Gasteiger partial charge >= 0.3 is 12.1 Å². The van der Waals surface area contributed by atoms with E-state index < -0.39 is 18.1 Å². The van der Waals surface area contributed by atoms with E-state index in [2.05, 4.69) is 21.2 Å². The summed E-state index contributed by atoms with van der Waals surface area (Å²) in [6.07, 6.45) is -4.57. The fraction of sp³-hybridized carbons (Fsp3) is 0.214. The van der Waals surface area contributed by atoms with Crippen molar-refractivity contribution < 1.29 is 22.8 Å². The summed E-state index contributed by atoms with van der Waals surface area (Å²) in [6, 6.07) is 19.8. The maximum atomic E-state index is 13.9. The molecule has 3 aromatic carbocycles. The molecule has 8 heteroatoms. The number of aryl methyl sites for hydroxylation is 1. The van der Waals surface area contributed by atoms with Crippen LogP contribution < -0.4 is 10.2 Å². The van der Waals surface area contributed by atoms with E-state index in [-0.39, 0.29) is 29.4 Å². The Kier molecular flexibility index (Phi) is 6.24. The lowest BCUT2D eigenvalue weighted by Gasteiger charge is -2.35. The van der Waals surface area contributed by atoms with Crippen LogP contribution in [0.1, 0.15) is 41.5 Å². The summed E-state index contributed by atoms with van der Waals surface area (Å²) in [6.45, 7) is 1.98. The van der Waals surface area contributed by atoms with Crippen molar-refractivity contribution >= 4 is 39.0 Å². The number of allylic oxidation sites excluding steroid dienone is 1. The Labute approximate surface area is 214 Å². The van der Waals surface area contributed by atoms with Crippen molar-refractivity contribution in [2.45, 2.75) is 37.9 Å². The van der Waals surface area contributed by atoms with E-state index in [1.54, 1.807) is 42.5 Å². The molecule has 1 amide bonds. The summed E-state index contributed by atoms with van der Waals surface area (Å²) in [5, 5.41) is 3.24. The van der Waals surface area contributed by atoms with E-state index in [0.29, 0.717) is 27.8 Å². The molecule has 36 heavy (non-hydrogen) atoms. The van der Waals surface area contributed by atoms with Gasteiger partial charge in [-0.15, -0.1) is 0 Å². The van der Waals surface area contributed by atoms with Gasteiger partial charge in [-0.25, -0.2) is 0 Å². The fourth-order valence-electron chi connectivity index (χ4n) is 5.02. The van der Waals surface area contributed by atoms with Crippen LogP contribution in [0, 0.1) is 6.92 Å². The molecule has 0 saturated carbocycles.